The van der Waals surface area contributed by atoms with E-state index >= 15 is 0 Å². The van der Waals surface area contributed by atoms with E-state index in [1.165, 1.54) is 5.56 Å². The van der Waals surface area contributed by atoms with Gasteiger partial charge in [-0.05, 0) is 42.7 Å². The van der Waals surface area contributed by atoms with Crippen LogP contribution in [0, 0.1) is 0 Å². The fraction of sp³-hybridized carbons (Fsp3) is 0.381. The summed E-state index contributed by atoms with van der Waals surface area (Å²) in [4.78, 5) is 8.89. The van der Waals surface area contributed by atoms with Crippen LogP contribution in [0.1, 0.15) is 12.0 Å². The minimum atomic E-state index is 0. The van der Waals surface area contributed by atoms with Crippen molar-refractivity contribution in [1.82, 2.24) is 10.2 Å². The van der Waals surface area contributed by atoms with Crippen LogP contribution in [-0.4, -0.2) is 60.8 Å². The minimum Gasteiger partial charge on any atom is -0.508 e. The van der Waals surface area contributed by atoms with Crippen LogP contribution in [0.2, 0.25) is 0 Å². The second kappa shape index (κ2) is 11.0. The van der Waals surface area contributed by atoms with Gasteiger partial charge in [-0.1, -0.05) is 24.3 Å². The van der Waals surface area contributed by atoms with Gasteiger partial charge in [0.15, 0.2) is 5.96 Å². The van der Waals surface area contributed by atoms with Gasteiger partial charge < -0.3 is 25.3 Å². The van der Waals surface area contributed by atoms with Gasteiger partial charge in [-0.15, -0.1) is 24.0 Å². The Bertz CT molecular complexity index is 759. The molecule has 6 nitrogen and oxygen atoms in total. The SMILES string of the molecule is CN=C(NCCCc1ccc(O)cc1)N1CCN(c2ccccc2O)CC1.I. The molecule has 0 spiro atoms. The van der Waals surface area contributed by atoms with Gasteiger partial charge in [0.2, 0.25) is 0 Å². The van der Waals surface area contributed by atoms with E-state index in [9.17, 15) is 10.2 Å². The first kappa shape index (κ1) is 22.1. The van der Waals surface area contributed by atoms with Gasteiger partial charge in [-0.3, -0.25) is 4.99 Å². The number of para-hydroxylation sites is 2. The predicted molar refractivity (Wildman–Crippen MR) is 125 cm³/mol. The Morgan fingerprint density at radius 2 is 1.68 bits per heavy atom. The lowest BCUT2D eigenvalue weighted by atomic mass is 10.1. The molecule has 1 aliphatic rings. The van der Waals surface area contributed by atoms with Crippen LogP contribution < -0.4 is 10.2 Å². The second-order valence-corrected chi connectivity index (χ2v) is 6.71. The van der Waals surface area contributed by atoms with Gasteiger partial charge in [0.05, 0.1) is 5.69 Å². The smallest absolute Gasteiger partial charge is 0.193 e. The number of rotatable bonds is 5. The molecule has 2 aromatic rings. The number of halogens is 1. The molecule has 3 N–H and O–H groups in total. The van der Waals surface area contributed by atoms with E-state index in [0.717, 1.165) is 57.2 Å². The fourth-order valence-electron chi connectivity index (χ4n) is 3.38. The van der Waals surface area contributed by atoms with Crippen molar-refractivity contribution in [3.63, 3.8) is 0 Å². The highest BCUT2D eigenvalue weighted by Gasteiger charge is 2.21. The molecule has 3 rings (SSSR count). The number of hydrogen-bond donors (Lipinski definition) is 3. The molecule has 1 aliphatic heterocycles. The Morgan fingerprint density at radius 3 is 2.32 bits per heavy atom. The maximum absolute atomic E-state index is 10.0. The van der Waals surface area contributed by atoms with Crippen molar-refractivity contribution in [1.29, 1.82) is 0 Å². The lowest BCUT2D eigenvalue weighted by molar-refractivity contribution is 0.369. The molecule has 0 bridgehead atoms. The Hall–Kier alpha value is -2.16. The Balaban J connectivity index is 0.00000280. The highest BCUT2D eigenvalue weighted by molar-refractivity contribution is 14.0. The fourth-order valence-corrected chi connectivity index (χ4v) is 3.38. The number of aryl methyl sites for hydroxylation is 1. The Morgan fingerprint density at radius 1 is 1.00 bits per heavy atom. The number of phenolic OH excluding ortho intramolecular Hbond substituents is 2. The van der Waals surface area contributed by atoms with E-state index in [0.29, 0.717) is 11.5 Å². The molecule has 0 aliphatic carbocycles. The average Bonchev–Trinajstić information content (AvgIpc) is 2.70. The zero-order valence-corrected chi connectivity index (χ0v) is 18.5. The molecule has 2 aromatic carbocycles. The van der Waals surface area contributed by atoms with Gasteiger partial charge in [0.1, 0.15) is 11.5 Å². The van der Waals surface area contributed by atoms with E-state index in [1.54, 1.807) is 18.2 Å². The van der Waals surface area contributed by atoms with Crippen molar-refractivity contribution in [2.24, 2.45) is 4.99 Å². The first-order valence-electron chi connectivity index (χ1n) is 9.44. The van der Waals surface area contributed by atoms with Crippen LogP contribution >= 0.6 is 24.0 Å². The van der Waals surface area contributed by atoms with Crippen LogP contribution in [0.5, 0.6) is 11.5 Å². The zero-order valence-electron chi connectivity index (χ0n) is 16.2. The molecule has 0 aromatic heterocycles. The van der Waals surface area contributed by atoms with Crippen molar-refractivity contribution in [3.05, 3.63) is 54.1 Å². The highest BCUT2D eigenvalue weighted by Crippen LogP contribution is 2.27. The summed E-state index contributed by atoms with van der Waals surface area (Å²) in [5, 5.41) is 22.8. The summed E-state index contributed by atoms with van der Waals surface area (Å²) < 4.78 is 0. The number of nitrogens with zero attached hydrogens (tertiary/aromatic N) is 3. The van der Waals surface area contributed by atoms with Crippen molar-refractivity contribution >= 4 is 35.6 Å². The number of aliphatic imine (C=N–C) groups is 1. The average molecular weight is 496 g/mol. The molecule has 0 amide bonds. The summed E-state index contributed by atoms with van der Waals surface area (Å²) in [7, 11) is 1.82. The largest absolute Gasteiger partial charge is 0.508 e. The number of guanidine groups is 1. The van der Waals surface area contributed by atoms with E-state index in [-0.39, 0.29) is 24.0 Å². The summed E-state index contributed by atoms with van der Waals surface area (Å²) >= 11 is 0. The summed E-state index contributed by atoms with van der Waals surface area (Å²) in [6.07, 6.45) is 1.97. The van der Waals surface area contributed by atoms with Crippen LogP contribution in [0.25, 0.3) is 0 Å². The number of aromatic hydroxyl groups is 2. The molecule has 0 saturated carbocycles. The molecular formula is C21H29IN4O2. The molecule has 0 atom stereocenters. The molecular weight excluding hydrogens is 467 g/mol. The van der Waals surface area contributed by atoms with E-state index < -0.39 is 0 Å². The number of nitrogens with one attached hydrogen (secondary N) is 1. The maximum Gasteiger partial charge on any atom is 0.193 e. The van der Waals surface area contributed by atoms with Gasteiger partial charge in [-0.25, -0.2) is 0 Å². The highest BCUT2D eigenvalue weighted by atomic mass is 127. The molecule has 1 heterocycles. The van der Waals surface area contributed by atoms with Crippen LogP contribution in [0.4, 0.5) is 5.69 Å². The summed E-state index contributed by atoms with van der Waals surface area (Å²) in [6.45, 7) is 4.29. The van der Waals surface area contributed by atoms with Crippen molar-refractivity contribution in [2.75, 3.05) is 44.7 Å². The van der Waals surface area contributed by atoms with Crippen LogP contribution in [-0.2, 0) is 6.42 Å². The van der Waals surface area contributed by atoms with E-state index in [1.807, 2.05) is 37.4 Å². The summed E-state index contributed by atoms with van der Waals surface area (Å²) in [5.41, 5.74) is 2.12. The van der Waals surface area contributed by atoms with Crippen LogP contribution in [0.15, 0.2) is 53.5 Å². The third kappa shape index (κ3) is 5.92. The third-order valence-electron chi connectivity index (χ3n) is 4.88. The summed E-state index contributed by atoms with van der Waals surface area (Å²) in [6, 6.07) is 14.9. The molecule has 1 fully saturated rings. The molecule has 152 valence electrons. The third-order valence-corrected chi connectivity index (χ3v) is 4.88. The second-order valence-electron chi connectivity index (χ2n) is 6.71. The summed E-state index contributed by atoms with van der Waals surface area (Å²) in [5.74, 6) is 1.57. The maximum atomic E-state index is 10.0. The van der Waals surface area contributed by atoms with Gasteiger partial charge in [0, 0.05) is 39.8 Å². The first-order valence-corrected chi connectivity index (χ1v) is 9.44. The molecule has 0 unspecified atom stereocenters. The monoisotopic (exact) mass is 496 g/mol. The normalized spacial score (nSPS) is 14.5. The number of hydrogen-bond acceptors (Lipinski definition) is 4. The first-order chi connectivity index (χ1) is 13.2. The minimum absolute atomic E-state index is 0. The standard InChI is InChI=1S/C21H28N4O2.HI/c1-22-21(23-12-4-5-17-8-10-18(26)11-9-17)25-15-13-24(14-16-25)19-6-2-3-7-20(19)27;/h2-3,6-11,26-27H,4-5,12-16H2,1H3,(H,22,23);1H. The number of phenols is 2. The van der Waals surface area contributed by atoms with E-state index in [2.05, 4.69) is 20.1 Å². The van der Waals surface area contributed by atoms with Gasteiger partial charge >= 0.3 is 0 Å². The topological polar surface area (TPSA) is 71.3 Å². The van der Waals surface area contributed by atoms with Crippen molar-refractivity contribution in [2.45, 2.75) is 12.8 Å². The molecule has 0 radical (unpaired) electrons. The molecule has 7 heteroatoms. The predicted octanol–water partition coefficient (Wildman–Crippen LogP) is 3.05. The molecule has 28 heavy (non-hydrogen) atoms. The van der Waals surface area contributed by atoms with E-state index in [4.69, 9.17) is 0 Å². The molecule has 1 saturated heterocycles. The van der Waals surface area contributed by atoms with Gasteiger partial charge in [0.25, 0.3) is 0 Å². The Kier molecular flexibility index (Phi) is 8.69. The Labute approximate surface area is 183 Å². The van der Waals surface area contributed by atoms with Crippen molar-refractivity contribution < 1.29 is 10.2 Å². The number of benzene rings is 2. The zero-order chi connectivity index (χ0) is 19.1. The number of piperazine rings is 1. The lowest BCUT2D eigenvalue weighted by Gasteiger charge is -2.37. The lowest BCUT2D eigenvalue weighted by Crippen LogP contribution is -2.52. The van der Waals surface area contributed by atoms with Crippen LogP contribution in [0.3, 0.4) is 0 Å². The quantitative estimate of drug-likeness (QED) is 0.257. The van der Waals surface area contributed by atoms with Gasteiger partial charge in [-0.2, -0.15) is 0 Å². The van der Waals surface area contributed by atoms with Crippen molar-refractivity contribution in [3.8, 4) is 11.5 Å². The number of anilines is 1.